The molecule has 0 aliphatic carbocycles. The van der Waals surface area contributed by atoms with Crippen LogP contribution in [0, 0.1) is 5.82 Å². The van der Waals surface area contributed by atoms with Crippen LogP contribution in [0.2, 0.25) is 5.02 Å². The zero-order chi connectivity index (χ0) is 9.84. The Morgan fingerprint density at radius 1 is 1.54 bits per heavy atom. The zero-order valence-electron chi connectivity index (χ0n) is 7.27. The Bertz CT molecular complexity index is 304. The van der Waals surface area contributed by atoms with Crippen molar-refractivity contribution in [3.05, 3.63) is 28.5 Å². The molecule has 0 atom stereocenters. The Morgan fingerprint density at radius 3 is 2.85 bits per heavy atom. The summed E-state index contributed by atoms with van der Waals surface area (Å²) in [5.74, 6) is -0.974. The molecule has 0 amide bonds. The van der Waals surface area contributed by atoms with Crippen LogP contribution in [0.4, 0.5) is 4.39 Å². The third-order valence-electron chi connectivity index (χ3n) is 1.79. The highest BCUT2D eigenvalue weighted by molar-refractivity contribution is 6.31. The monoisotopic (exact) mass is 203 g/mol. The highest BCUT2D eigenvalue weighted by Crippen LogP contribution is 2.26. The van der Waals surface area contributed by atoms with Crippen LogP contribution in [0.3, 0.4) is 0 Å². The van der Waals surface area contributed by atoms with Gasteiger partial charge in [-0.05, 0) is 32.1 Å². The molecule has 1 aromatic rings. The van der Waals surface area contributed by atoms with E-state index in [1.807, 2.05) is 0 Å². The van der Waals surface area contributed by atoms with Crippen LogP contribution in [-0.2, 0) is 6.42 Å². The van der Waals surface area contributed by atoms with Crippen LogP contribution in [0.5, 0.6) is 5.75 Å². The number of halogens is 2. The van der Waals surface area contributed by atoms with E-state index in [1.165, 1.54) is 12.1 Å². The highest BCUT2D eigenvalue weighted by atomic mass is 35.5. The van der Waals surface area contributed by atoms with E-state index in [0.29, 0.717) is 23.6 Å². The topological polar surface area (TPSA) is 32.3 Å². The number of aromatic hydroxyl groups is 1. The van der Waals surface area contributed by atoms with Gasteiger partial charge in [0.25, 0.3) is 0 Å². The van der Waals surface area contributed by atoms with E-state index in [0.717, 1.165) is 0 Å². The van der Waals surface area contributed by atoms with Gasteiger partial charge in [0, 0.05) is 10.6 Å². The number of benzene rings is 1. The fourth-order valence-corrected chi connectivity index (χ4v) is 1.30. The minimum atomic E-state index is -0.622. The van der Waals surface area contributed by atoms with E-state index in [-0.39, 0.29) is 5.75 Å². The van der Waals surface area contributed by atoms with Crippen molar-refractivity contribution in [1.82, 2.24) is 5.32 Å². The van der Waals surface area contributed by atoms with Crippen molar-refractivity contribution >= 4 is 11.6 Å². The predicted octanol–water partition coefficient (Wildman–Crippen LogP) is 1.95. The summed E-state index contributed by atoms with van der Waals surface area (Å²) in [6, 6.07) is 2.74. The van der Waals surface area contributed by atoms with Crippen molar-refractivity contribution in [3.8, 4) is 5.75 Å². The van der Waals surface area contributed by atoms with Gasteiger partial charge in [0.2, 0.25) is 0 Å². The number of hydrogen-bond donors (Lipinski definition) is 2. The first kappa shape index (κ1) is 10.3. The lowest BCUT2D eigenvalue weighted by molar-refractivity contribution is 0.428. The van der Waals surface area contributed by atoms with Gasteiger partial charge in [0.15, 0.2) is 11.6 Å². The van der Waals surface area contributed by atoms with E-state index < -0.39 is 5.82 Å². The van der Waals surface area contributed by atoms with Crippen molar-refractivity contribution in [1.29, 1.82) is 0 Å². The molecule has 0 aromatic heterocycles. The molecular formula is C9H11ClFNO. The quantitative estimate of drug-likeness (QED) is 0.787. The second-order valence-electron chi connectivity index (χ2n) is 2.71. The zero-order valence-corrected chi connectivity index (χ0v) is 8.03. The SMILES string of the molecule is CNCCc1c(Cl)ccc(O)c1F. The van der Waals surface area contributed by atoms with Gasteiger partial charge in [-0.15, -0.1) is 0 Å². The molecule has 2 nitrogen and oxygen atoms in total. The Labute approximate surface area is 81.3 Å². The molecule has 1 aromatic carbocycles. The minimum absolute atomic E-state index is 0.351. The summed E-state index contributed by atoms with van der Waals surface area (Å²) in [6.45, 7) is 0.625. The molecule has 0 radical (unpaired) electrons. The van der Waals surface area contributed by atoms with Crippen molar-refractivity contribution in [3.63, 3.8) is 0 Å². The van der Waals surface area contributed by atoms with Crippen molar-refractivity contribution < 1.29 is 9.50 Å². The second-order valence-corrected chi connectivity index (χ2v) is 3.12. The van der Waals surface area contributed by atoms with Crippen LogP contribution in [0.1, 0.15) is 5.56 Å². The van der Waals surface area contributed by atoms with Gasteiger partial charge in [-0.25, -0.2) is 4.39 Å². The molecule has 72 valence electrons. The molecule has 0 saturated carbocycles. The minimum Gasteiger partial charge on any atom is -0.505 e. The number of phenolic OH excluding ortho intramolecular Hbond substituents is 1. The molecule has 0 spiro atoms. The third kappa shape index (κ3) is 2.32. The summed E-state index contributed by atoms with van der Waals surface area (Å²) in [5.41, 5.74) is 0.357. The molecule has 1 rings (SSSR count). The maximum atomic E-state index is 13.2. The van der Waals surface area contributed by atoms with Gasteiger partial charge in [0.1, 0.15) is 0 Å². The van der Waals surface area contributed by atoms with E-state index in [4.69, 9.17) is 16.7 Å². The molecular weight excluding hydrogens is 193 g/mol. The lowest BCUT2D eigenvalue weighted by Crippen LogP contribution is -2.11. The standard InChI is InChI=1S/C9H11ClFNO/c1-12-5-4-6-7(10)2-3-8(13)9(6)11/h2-3,12-13H,4-5H2,1H3. The van der Waals surface area contributed by atoms with E-state index in [1.54, 1.807) is 7.05 Å². The van der Waals surface area contributed by atoms with E-state index in [9.17, 15) is 4.39 Å². The number of phenols is 1. The molecule has 0 heterocycles. The third-order valence-corrected chi connectivity index (χ3v) is 2.14. The first-order chi connectivity index (χ1) is 6.16. The first-order valence-corrected chi connectivity index (χ1v) is 4.35. The van der Waals surface area contributed by atoms with Gasteiger partial charge in [0.05, 0.1) is 0 Å². The van der Waals surface area contributed by atoms with Crippen molar-refractivity contribution in [2.45, 2.75) is 6.42 Å². The first-order valence-electron chi connectivity index (χ1n) is 3.97. The largest absolute Gasteiger partial charge is 0.505 e. The lowest BCUT2D eigenvalue weighted by atomic mass is 10.1. The van der Waals surface area contributed by atoms with Crippen molar-refractivity contribution in [2.75, 3.05) is 13.6 Å². The van der Waals surface area contributed by atoms with Crippen molar-refractivity contribution in [2.24, 2.45) is 0 Å². The number of hydrogen-bond acceptors (Lipinski definition) is 2. The maximum absolute atomic E-state index is 13.2. The van der Waals surface area contributed by atoms with Gasteiger partial charge < -0.3 is 10.4 Å². The molecule has 0 aliphatic heterocycles. The summed E-state index contributed by atoms with van der Waals surface area (Å²) < 4.78 is 13.2. The average Bonchev–Trinajstić information content (AvgIpc) is 2.12. The molecule has 0 unspecified atom stereocenters. The van der Waals surface area contributed by atoms with Gasteiger partial charge in [-0.3, -0.25) is 0 Å². The predicted molar refractivity (Wildman–Crippen MR) is 50.7 cm³/mol. The number of rotatable bonds is 3. The second kappa shape index (κ2) is 4.44. The highest BCUT2D eigenvalue weighted by Gasteiger charge is 2.10. The number of likely N-dealkylation sites (N-methyl/N-ethyl adjacent to an activating group) is 1. The van der Waals surface area contributed by atoms with Crippen LogP contribution in [0.15, 0.2) is 12.1 Å². The molecule has 0 aliphatic rings. The van der Waals surface area contributed by atoms with Gasteiger partial charge >= 0.3 is 0 Å². The summed E-state index contributed by atoms with van der Waals surface area (Å²) in [5, 5.41) is 12.3. The number of nitrogens with one attached hydrogen (secondary N) is 1. The molecule has 0 fully saturated rings. The Kier molecular flexibility index (Phi) is 3.51. The van der Waals surface area contributed by atoms with E-state index in [2.05, 4.69) is 5.32 Å². The lowest BCUT2D eigenvalue weighted by Gasteiger charge is -2.06. The van der Waals surface area contributed by atoms with Crippen LogP contribution in [-0.4, -0.2) is 18.7 Å². The summed E-state index contributed by atoms with van der Waals surface area (Å²) in [7, 11) is 1.77. The molecule has 13 heavy (non-hydrogen) atoms. The van der Waals surface area contributed by atoms with Crippen LogP contribution in [0.25, 0.3) is 0 Å². The Balaban J connectivity index is 2.96. The molecule has 0 bridgehead atoms. The fraction of sp³-hybridized carbons (Fsp3) is 0.333. The van der Waals surface area contributed by atoms with E-state index >= 15 is 0 Å². The molecule has 0 saturated heterocycles. The fourth-order valence-electron chi connectivity index (χ4n) is 1.06. The average molecular weight is 204 g/mol. The summed E-state index contributed by atoms with van der Waals surface area (Å²) in [4.78, 5) is 0. The Morgan fingerprint density at radius 2 is 2.23 bits per heavy atom. The van der Waals surface area contributed by atoms with Crippen LogP contribution >= 0.6 is 11.6 Å². The maximum Gasteiger partial charge on any atom is 0.169 e. The van der Waals surface area contributed by atoms with Gasteiger partial charge in [-0.1, -0.05) is 11.6 Å². The summed E-state index contributed by atoms with van der Waals surface area (Å²) >= 11 is 5.76. The Hall–Kier alpha value is -0.800. The normalized spacial score (nSPS) is 10.4. The molecule has 2 N–H and O–H groups in total. The van der Waals surface area contributed by atoms with Crippen LogP contribution < -0.4 is 5.32 Å². The molecule has 4 heteroatoms. The summed E-state index contributed by atoms with van der Waals surface area (Å²) in [6.07, 6.45) is 0.468. The van der Waals surface area contributed by atoms with Gasteiger partial charge in [-0.2, -0.15) is 0 Å². The smallest absolute Gasteiger partial charge is 0.169 e.